The fourth-order valence-electron chi connectivity index (χ4n) is 5.16. The van der Waals surface area contributed by atoms with Crippen molar-refractivity contribution >= 4 is 40.6 Å². The van der Waals surface area contributed by atoms with Crippen molar-refractivity contribution in [2.75, 3.05) is 29.2 Å². The summed E-state index contributed by atoms with van der Waals surface area (Å²) in [6.45, 7) is -0.0236. The van der Waals surface area contributed by atoms with E-state index < -0.39 is 6.29 Å². The summed E-state index contributed by atoms with van der Waals surface area (Å²) < 4.78 is 18.5. The number of para-hydroxylation sites is 3. The van der Waals surface area contributed by atoms with Crippen LogP contribution in [0, 0.1) is 0 Å². The Labute approximate surface area is 273 Å². The van der Waals surface area contributed by atoms with E-state index in [4.69, 9.17) is 19.9 Å². The zero-order valence-corrected chi connectivity index (χ0v) is 26.5. The second-order valence-corrected chi connectivity index (χ2v) is 12.0. The summed E-state index contributed by atoms with van der Waals surface area (Å²) in [6, 6.07) is 30.2. The number of nitrogen functional groups attached to an aromatic ring is 1. The van der Waals surface area contributed by atoms with Gasteiger partial charge in [0, 0.05) is 41.2 Å². The first-order valence-electron chi connectivity index (χ1n) is 15.2. The molecule has 4 aromatic rings. The van der Waals surface area contributed by atoms with E-state index in [0.717, 1.165) is 27.3 Å². The topological polar surface area (TPSA) is 132 Å². The van der Waals surface area contributed by atoms with Gasteiger partial charge in [-0.05, 0) is 53.9 Å². The van der Waals surface area contributed by atoms with Gasteiger partial charge in [-0.1, -0.05) is 60.7 Å². The van der Waals surface area contributed by atoms with Gasteiger partial charge < -0.3 is 35.7 Å². The molecular formula is C36H39N3O6S. The van der Waals surface area contributed by atoms with Crippen LogP contribution in [0.1, 0.15) is 54.8 Å². The Hall–Kier alpha value is -4.35. The molecule has 1 heterocycles. The molecule has 4 aromatic carbocycles. The summed E-state index contributed by atoms with van der Waals surface area (Å²) >= 11 is 1.67. The van der Waals surface area contributed by atoms with Crippen LogP contribution in [-0.4, -0.2) is 35.9 Å². The first-order valence-corrected chi connectivity index (χ1v) is 16.2. The number of nitrogens with one attached hydrogen (secondary N) is 2. The normalized spacial score (nSPS) is 17.7. The van der Waals surface area contributed by atoms with Crippen LogP contribution >= 0.6 is 11.8 Å². The number of nitrogens with two attached hydrogens (primary N) is 1. The molecule has 1 saturated heterocycles. The third kappa shape index (κ3) is 9.11. The Kier molecular flexibility index (Phi) is 11.7. The van der Waals surface area contributed by atoms with Crippen LogP contribution in [0.5, 0.6) is 5.75 Å². The Morgan fingerprint density at radius 2 is 1.63 bits per heavy atom. The van der Waals surface area contributed by atoms with Crippen LogP contribution in [0.25, 0.3) is 0 Å². The summed E-state index contributed by atoms with van der Waals surface area (Å²) in [5.41, 5.74) is 10.2. The highest BCUT2D eigenvalue weighted by atomic mass is 32.2. The van der Waals surface area contributed by atoms with E-state index in [1.54, 1.807) is 43.1 Å². The minimum atomic E-state index is -0.662. The van der Waals surface area contributed by atoms with Gasteiger partial charge in [-0.3, -0.25) is 9.59 Å². The van der Waals surface area contributed by atoms with Crippen LogP contribution < -0.4 is 21.1 Å². The first-order chi connectivity index (χ1) is 22.4. The Balaban J connectivity index is 1.22. The summed E-state index contributed by atoms with van der Waals surface area (Å²) in [5.74, 6) is 1.12. The second kappa shape index (κ2) is 16.3. The average molecular weight is 642 g/mol. The SMILES string of the molecule is COc1ccccc1SC[C@H]1C[C@@H](c2ccc(CO)cc2)O[C@@H](c2cccc(NC(=O)CCCC(=O)Nc3ccccc3N)c2)O1. The number of benzene rings is 4. The fraction of sp³-hybridized carbons (Fsp3) is 0.278. The van der Waals surface area contributed by atoms with E-state index in [2.05, 4.69) is 10.6 Å². The van der Waals surface area contributed by atoms with Crippen molar-refractivity contribution in [1.29, 1.82) is 0 Å². The number of amides is 2. The third-order valence-corrected chi connectivity index (χ3v) is 8.78. The van der Waals surface area contributed by atoms with Gasteiger partial charge in [0.15, 0.2) is 6.29 Å². The van der Waals surface area contributed by atoms with Crippen molar-refractivity contribution in [3.8, 4) is 5.75 Å². The fourth-order valence-corrected chi connectivity index (χ4v) is 6.21. The number of carbonyl (C=O) groups is 2. The molecule has 0 aliphatic carbocycles. The lowest BCUT2D eigenvalue weighted by molar-refractivity contribution is -0.245. The number of carbonyl (C=O) groups excluding carboxylic acids is 2. The number of methoxy groups -OCH3 is 1. The Morgan fingerprint density at radius 1 is 0.891 bits per heavy atom. The van der Waals surface area contributed by atoms with Crippen LogP contribution in [0.2, 0.25) is 0 Å². The van der Waals surface area contributed by atoms with E-state index in [9.17, 15) is 14.7 Å². The third-order valence-electron chi connectivity index (χ3n) is 7.59. The molecule has 9 nitrogen and oxygen atoms in total. The molecule has 10 heteroatoms. The van der Waals surface area contributed by atoms with E-state index in [1.807, 2.05) is 72.8 Å². The quantitative estimate of drug-likeness (QED) is 0.0920. The van der Waals surface area contributed by atoms with Gasteiger partial charge in [0.05, 0.1) is 37.3 Å². The summed E-state index contributed by atoms with van der Waals surface area (Å²) in [5, 5.41) is 15.2. The zero-order valence-electron chi connectivity index (χ0n) is 25.7. The van der Waals surface area contributed by atoms with E-state index in [1.165, 1.54) is 0 Å². The van der Waals surface area contributed by atoms with Crippen molar-refractivity contribution in [2.45, 2.75) is 55.7 Å². The van der Waals surface area contributed by atoms with Crippen molar-refractivity contribution < 1.29 is 28.9 Å². The molecular weight excluding hydrogens is 602 g/mol. The monoisotopic (exact) mass is 641 g/mol. The molecule has 0 saturated carbocycles. The molecule has 46 heavy (non-hydrogen) atoms. The van der Waals surface area contributed by atoms with E-state index >= 15 is 0 Å². The largest absolute Gasteiger partial charge is 0.496 e. The maximum atomic E-state index is 12.8. The molecule has 2 amide bonds. The lowest BCUT2D eigenvalue weighted by Gasteiger charge is -2.36. The predicted octanol–water partition coefficient (Wildman–Crippen LogP) is 6.85. The van der Waals surface area contributed by atoms with Crippen molar-refractivity contribution in [3.63, 3.8) is 0 Å². The molecule has 0 bridgehead atoms. The number of rotatable bonds is 13. The minimum Gasteiger partial charge on any atom is -0.496 e. The van der Waals surface area contributed by atoms with Crippen LogP contribution in [-0.2, 0) is 25.7 Å². The lowest BCUT2D eigenvalue weighted by atomic mass is 10.0. The molecule has 3 atom stereocenters. The van der Waals surface area contributed by atoms with Gasteiger partial charge in [0.25, 0.3) is 0 Å². The smallest absolute Gasteiger partial charge is 0.224 e. The van der Waals surface area contributed by atoms with Crippen LogP contribution in [0.4, 0.5) is 17.1 Å². The van der Waals surface area contributed by atoms with Gasteiger partial charge in [0.2, 0.25) is 11.8 Å². The number of hydrogen-bond acceptors (Lipinski definition) is 8. The molecule has 0 aromatic heterocycles. The maximum Gasteiger partial charge on any atom is 0.224 e. The van der Waals surface area contributed by atoms with Crippen molar-refractivity contribution in [3.05, 3.63) is 114 Å². The number of anilines is 3. The number of aliphatic hydroxyl groups excluding tert-OH is 1. The van der Waals surface area contributed by atoms with Gasteiger partial charge in [0.1, 0.15) is 5.75 Å². The lowest BCUT2D eigenvalue weighted by Crippen LogP contribution is -2.31. The summed E-state index contributed by atoms with van der Waals surface area (Å²) in [7, 11) is 1.66. The Bertz CT molecular complexity index is 1620. The number of hydrogen-bond donors (Lipinski definition) is 4. The molecule has 5 N–H and O–H groups in total. The average Bonchev–Trinajstić information content (AvgIpc) is 3.08. The molecule has 0 spiro atoms. The Morgan fingerprint density at radius 3 is 2.39 bits per heavy atom. The molecule has 1 aliphatic rings. The number of ether oxygens (including phenoxy) is 3. The molecule has 240 valence electrons. The van der Waals surface area contributed by atoms with Crippen molar-refractivity contribution in [1.82, 2.24) is 0 Å². The van der Waals surface area contributed by atoms with Crippen LogP contribution in [0.3, 0.4) is 0 Å². The van der Waals surface area contributed by atoms with E-state index in [-0.39, 0.29) is 43.5 Å². The molecule has 0 unspecified atom stereocenters. The predicted molar refractivity (Wildman–Crippen MR) is 181 cm³/mol. The number of aliphatic hydroxyl groups is 1. The molecule has 5 rings (SSSR count). The molecule has 1 fully saturated rings. The van der Waals surface area contributed by atoms with Gasteiger partial charge in [-0.2, -0.15) is 0 Å². The molecule has 0 radical (unpaired) electrons. The number of thioether (sulfide) groups is 1. The van der Waals surface area contributed by atoms with Gasteiger partial charge >= 0.3 is 0 Å². The van der Waals surface area contributed by atoms with Gasteiger partial charge in [-0.15, -0.1) is 11.8 Å². The van der Waals surface area contributed by atoms with Gasteiger partial charge in [-0.25, -0.2) is 0 Å². The summed E-state index contributed by atoms with van der Waals surface area (Å²) in [6.07, 6.45) is 0.398. The van der Waals surface area contributed by atoms with Crippen LogP contribution in [0.15, 0.2) is 102 Å². The first kappa shape index (κ1) is 33.0. The standard InChI is InChI=1S/C36H39N3O6S/c1-43-31-12-4-5-13-33(31)46-23-28-21-32(25-18-16-24(22-40)17-19-25)45-36(44-28)26-8-6-9-27(20-26)38-34(41)14-7-15-35(42)39-30-11-3-2-10-29(30)37/h2-6,8-13,16-20,28,32,36,40H,7,14-15,21-23,37H2,1H3,(H,38,41)(H,39,42)/t28-,32+,36+/m1/s1. The van der Waals surface area contributed by atoms with E-state index in [0.29, 0.717) is 35.7 Å². The van der Waals surface area contributed by atoms with Crippen molar-refractivity contribution in [2.24, 2.45) is 0 Å². The summed E-state index contributed by atoms with van der Waals surface area (Å²) in [4.78, 5) is 26.1. The molecule has 1 aliphatic heterocycles. The highest BCUT2D eigenvalue weighted by Crippen LogP contribution is 2.40. The zero-order chi connectivity index (χ0) is 32.3. The highest BCUT2D eigenvalue weighted by molar-refractivity contribution is 7.99. The minimum absolute atomic E-state index is 0.0236. The maximum absolute atomic E-state index is 12.8. The second-order valence-electron chi connectivity index (χ2n) is 11.0. The highest BCUT2D eigenvalue weighted by Gasteiger charge is 2.32.